The van der Waals surface area contributed by atoms with Gasteiger partial charge in [-0.1, -0.05) is 36.4 Å². The Morgan fingerprint density at radius 1 is 0.974 bits per heavy atom. The SMILES string of the molecule is COc1ccc(Nc2nnc(-c3ccc(C)c(S(=O)(=O)N4CCN(C)CC4)c3)c3ccccc23)cc1C(N)=O. The summed E-state index contributed by atoms with van der Waals surface area (Å²) in [6, 6.07) is 18.0. The Morgan fingerprint density at radius 2 is 1.69 bits per heavy atom. The lowest BCUT2D eigenvalue weighted by atomic mass is 10.0. The number of carbonyl (C=O) groups excluding carboxylic acids is 1. The monoisotopic (exact) mass is 546 g/mol. The van der Waals surface area contributed by atoms with Crippen molar-refractivity contribution < 1.29 is 17.9 Å². The van der Waals surface area contributed by atoms with Gasteiger partial charge in [0.25, 0.3) is 5.91 Å². The third-order valence-electron chi connectivity index (χ3n) is 6.96. The molecule has 39 heavy (non-hydrogen) atoms. The minimum Gasteiger partial charge on any atom is -0.496 e. The van der Waals surface area contributed by atoms with E-state index in [1.54, 1.807) is 35.5 Å². The normalized spacial score (nSPS) is 14.8. The molecule has 0 saturated carbocycles. The van der Waals surface area contributed by atoms with Gasteiger partial charge in [0.2, 0.25) is 10.0 Å². The molecule has 10 nitrogen and oxygen atoms in total. The number of aryl methyl sites for hydroxylation is 1. The highest BCUT2D eigenvalue weighted by molar-refractivity contribution is 7.89. The second kappa shape index (κ2) is 10.6. The maximum Gasteiger partial charge on any atom is 0.252 e. The Kier molecular flexibility index (Phi) is 7.21. The van der Waals surface area contributed by atoms with Crippen LogP contribution in [0.25, 0.3) is 22.0 Å². The molecule has 1 aliphatic rings. The highest BCUT2D eigenvalue weighted by atomic mass is 32.2. The number of piperazine rings is 1. The van der Waals surface area contributed by atoms with E-state index in [2.05, 4.69) is 20.4 Å². The molecule has 0 spiro atoms. The van der Waals surface area contributed by atoms with Crippen LogP contribution in [-0.4, -0.2) is 74.1 Å². The van der Waals surface area contributed by atoms with Crippen molar-refractivity contribution in [3.8, 4) is 17.0 Å². The second-order valence-corrected chi connectivity index (χ2v) is 11.4. The van der Waals surface area contributed by atoms with Gasteiger partial charge in [0.15, 0.2) is 5.82 Å². The average molecular weight is 547 g/mol. The molecule has 4 aromatic rings. The smallest absolute Gasteiger partial charge is 0.252 e. The van der Waals surface area contributed by atoms with Crippen molar-refractivity contribution in [3.63, 3.8) is 0 Å². The highest BCUT2D eigenvalue weighted by Crippen LogP contribution is 2.34. The van der Waals surface area contributed by atoms with Crippen LogP contribution >= 0.6 is 0 Å². The molecule has 0 atom stereocenters. The molecular weight excluding hydrogens is 516 g/mol. The first-order valence-corrected chi connectivity index (χ1v) is 13.9. The van der Waals surface area contributed by atoms with E-state index < -0.39 is 15.9 Å². The summed E-state index contributed by atoms with van der Waals surface area (Å²) in [5.41, 5.74) is 8.25. The van der Waals surface area contributed by atoms with Crippen LogP contribution in [0.2, 0.25) is 0 Å². The largest absolute Gasteiger partial charge is 0.496 e. The van der Waals surface area contributed by atoms with Gasteiger partial charge in [-0.05, 0) is 43.8 Å². The molecule has 2 heterocycles. The van der Waals surface area contributed by atoms with Crippen molar-refractivity contribution in [2.45, 2.75) is 11.8 Å². The molecule has 1 saturated heterocycles. The summed E-state index contributed by atoms with van der Waals surface area (Å²) in [7, 11) is -0.206. The van der Waals surface area contributed by atoms with Gasteiger partial charge in [-0.25, -0.2) is 8.42 Å². The summed E-state index contributed by atoms with van der Waals surface area (Å²) in [5, 5.41) is 13.7. The van der Waals surface area contributed by atoms with Crippen LogP contribution in [0.1, 0.15) is 15.9 Å². The van der Waals surface area contributed by atoms with Crippen molar-refractivity contribution in [1.82, 2.24) is 19.4 Å². The number of carbonyl (C=O) groups is 1. The number of nitrogens with two attached hydrogens (primary N) is 1. The number of anilines is 2. The van der Waals surface area contributed by atoms with Crippen LogP contribution < -0.4 is 15.8 Å². The lowest BCUT2D eigenvalue weighted by molar-refractivity contribution is 0.0997. The molecule has 5 rings (SSSR count). The first kappa shape index (κ1) is 26.5. The first-order chi connectivity index (χ1) is 18.7. The number of benzene rings is 3. The molecule has 0 radical (unpaired) electrons. The quantitative estimate of drug-likeness (QED) is 0.361. The molecule has 1 fully saturated rings. The number of methoxy groups -OCH3 is 1. The summed E-state index contributed by atoms with van der Waals surface area (Å²) in [4.78, 5) is 14.3. The number of nitrogens with one attached hydrogen (secondary N) is 1. The third kappa shape index (κ3) is 5.16. The number of hydrogen-bond acceptors (Lipinski definition) is 8. The van der Waals surface area contributed by atoms with E-state index in [1.165, 1.54) is 7.11 Å². The molecule has 1 amide bonds. The van der Waals surface area contributed by atoms with Gasteiger partial charge in [-0.2, -0.15) is 4.31 Å². The van der Waals surface area contributed by atoms with Crippen molar-refractivity contribution in [2.75, 3.05) is 45.7 Å². The van der Waals surface area contributed by atoms with Gasteiger partial charge in [-0.15, -0.1) is 10.2 Å². The zero-order chi connectivity index (χ0) is 27.7. The van der Waals surface area contributed by atoms with Gasteiger partial charge < -0.3 is 20.7 Å². The number of ether oxygens (including phenoxy) is 1. The van der Waals surface area contributed by atoms with E-state index in [1.807, 2.05) is 43.4 Å². The minimum atomic E-state index is -3.67. The lowest BCUT2D eigenvalue weighted by Gasteiger charge is -2.32. The number of nitrogens with zero attached hydrogens (tertiary/aromatic N) is 4. The molecule has 3 N–H and O–H groups in total. The summed E-state index contributed by atoms with van der Waals surface area (Å²) < 4.78 is 33.9. The van der Waals surface area contributed by atoms with Crippen LogP contribution in [-0.2, 0) is 10.0 Å². The van der Waals surface area contributed by atoms with Crippen molar-refractivity contribution >= 4 is 38.2 Å². The Balaban J connectivity index is 1.54. The van der Waals surface area contributed by atoms with Crippen molar-refractivity contribution in [1.29, 1.82) is 0 Å². The first-order valence-electron chi connectivity index (χ1n) is 12.5. The molecule has 0 bridgehead atoms. The molecule has 1 aromatic heterocycles. The summed E-state index contributed by atoms with van der Waals surface area (Å²) in [6.45, 7) is 4.09. The predicted octanol–water partition coefficient (Wildman–Crippen LogP) is 3.39. The fourth-order valence-corrected chi connectivity index (χ4v) is 6.39. The predicted molar refractivity (Wildman–Crippen MR) is 151 cm³/mol. The fraction of sp³-hybridized carbons (Fsp3) is 0.250. The van der Waals surface area contributed by atoms with Gasteiger partial charge in [0.05, 0.1) is 17.6 Å². The number of amides is 1. The van der Waals surface area contributed by atoms with Crippen LogP contribution in [0, 0.1) is 6.92 Å². The standard InChI is InChI=1S/C28H30N6O4S/c1-18-8-9-19(16-25(18)39(36,37)34-14-12-33(2)13-15-34)26-21-6-4-5-7-22(21)28(32-31-26)30-20-10-11-24(38-3)23(17-20)27(29)35/h4-11,16-17H,12-15H2,1-3H3,(H2,29,35)(H,30,32). The van der Waals surface area contributed by atoms with E-state index in [4.69, 9.17) is 10.5 Å². The number of rotatable bonds is 7. The Morgan fingerprint density at radius 3 is 2.38 bits per heavy atom. The van der Waals surface area contributed by atoms with Crippen LogP contribution in [0.5, 0.6) is 5.75 Å². The van der Waals surface area contributed by atoms with E-state index in [0.717, 1.165) is 10.8 Å². The van der Waals surface area contributed by atoms with E-state index in [-0.39, 0.29) is 10.5 Å². The van der Waals surface area contributed by atoms with Gasteiger partial charge >= 0.3 is 0 Å². The van der Waals surface area contributed by atoms with Crippen LogP contribution in [0.3, 0.4) is 0 Å². The van der Waals surface area contributed by atoms with Crippen molar-refractivity contribution in [2.24, 2.45) is 5.73 Å². The molecule has 0 aliphatic carbocycles. The van der Waals surface area contributed by atoms with Gasteiger partial charge in [0.1, 0.15) is 11.4 Å². The zero-order valence-electron chi connectivity index (χ0n) is 22.0. The van der Waals surface area contributed by atoms with Gasteiger partial charge in [-0.3, -0.25) is 4.79 Å². The Labute approximate surface area is 227 Å². The number of fused-ring (bicyclic) bond motifs is 1. The molecule has 0 unspecified atom stereocenters. The molecular formula is C28H30N6O4S. The lowest BCUT2D eigenvalue weighted by Crippen LogP contribution is -2.47. The topological polar surface area (TPSA) is 131 Å². The maximum absolute atomic E-state index is 13.6. The highest BCUT2D eigenvalue weighted by Gasteiger charge is 2.29. The minimum absolute atomic E-state index is 0.241. The Hall–Kier alpha value is -4.06. The fourth-order valence-electron chi connectivity index (χ4n) is 4.72. The number of sulfonamides is 1. The van der Waals surface area contributed by atoms with E-state index in [9.17, 15) is 13.2 Å². The zero-order valence-corrected chi connectivity index (χ0v) is 22.8. The van der Waals surface area contributed by atoms with Gasteiger partial charge in [0, 0.05) is 48.2 Å². The molecule has 11 heteroatoms. The number of primary amides is 1. The van der Waals surface area contributed by atoms with E-state index >= 15 is 0 Å². The van der Waals surface area contributed by atoms with Crippen LogP contribution in [0.4, 0.5) is 11.5 Å². The van der Waals surface area contributed by atoms with Crippen LogP contribution in [0.15, 0.2) is 65.6 Å². The third-order valence-corrected chi connectivity index (χ3v) is 9.00. The maximum atomic E-state index is 13.6. The van der Waals surface area contributed by atoms with E-state index in [0.29, 0.717) is 60.3 Å². The number of hydrogen-bond donors (Lipinski definition) is 2. The molecule has 3 aromatic carbocycles. The van der Waals surface area contributed by atoms with Crippen molar-refractivity contribution in [3.05, 3.63) is 71.8 Å². The number of aromatic nitrogens is 2. The molecule has 202 valence electrons. The second-order valence-electron chi connectivity index (χ2n) is 9.53. The molecule has 1 aliphatic heterocycles. The average Bonchev–Trinajstić information content (AvgIpc) is 2.93. The summed E-state index contributed by atoms with van der Waals surface area (Å²) in [5.74, 6) is 0.247. The Bertz CT molecular complexity index is 1670. The summed E-state index contributed by atoms with van der Waals surface area (Å²) in [6.07, 6.45) is 0. The number of likely N-dealkylation sites (N-methyl/N-ethyl adjacent to an activating group) is 1. The summed E-state index contributed by atoms with van der Waals surface area (Å²) >= 11 is 0.